The van der Waals surface area contributed by atoms with Crippen molar-refractivity contribution in [3.05, 3.63) is 54.0 Å². The SMILES string of the molecule is CN(Cc1cnc(N)c2nc(-c3cccc(F)c3)ccc12)C1CN(C(=O)C2CC2)C1. The summed E-state index contributed by atoms with van der Waals surface area (Å²) in [5.74, 6) is 0.651. The number of hydrogen-bond acceptors (Lipinski definition) is 5. The summed E-state index contributed by atoms with van der Waals surface area (Å²) in [4.78, 5) is 25.4. The maximum atomic E-state index is 13.6. The van der Waals surface area contributed by atoms with Crippen LogP contribution < -0.4 is 5.73 Å². The lowest BCUT2D eigenvalue weighted by Crippen LogP contribution is -2.60. The number of nitrogen functional groups attached to an aromatic ring is 1. The fourth-order valence-corrected chi connectivity index (χ4v) is 4.03. The maximum absolute atomic E-state index is 13.6. The number of nitrogens with zero attached hydrogens (tertiary/aromatic N) is 4. The maximum Gasteiger partial charge on any atom is 0.225 e. The molecule has 0 bridgehead atoms. The zero-order valence-corrected chi connectivity index (χ0v) is 16.9. The summed E-state index contributed by atoms with van der Waals surface area (Å²) >= 11 is 0. The number of amides is 1. The van der Waals surface area contributed by atoms with Gasteiger partial charge < -0.3 is 10.6 Å². The summed E-state index contributed by atoms with van der Waals surface area (Å²) in [7, 11) is 2.07. The number of pyridine rings is 2. The lowest BCUT2D eigenvalue weighted by molar-refractivity contribution is -0.139. The van der Waals surface area contributed by atoms with E-state index in [2.05, 4.69) is 21.9 Å². The van der Waals surface area contributed by atoms with Crippen LogP contribution in [0.25, 0.3) is 22.2 Å². The molecule has 2 fully saturated rings. The Morgan fingerprint density at radius 2 is 2.07 bits per heavy atom. The molecular weight excluding hydrogens is 381 g/mol. The van der Waals surface area contributed by atoms with E-state index in [-0.39, 0.29) is 11.7 Å². The van der Waals surface area contributed by atoms with Crippen LogP contribution in [0.4, 0.5) is 10.2 Å². The van der Waals surface area contributed by atoms with E-state index < -0.39 is 0 Å². The number of hydrogen-bond donors (Lipinski definition) is 1. The molecule has 3 heterocycles. The number of fused-ring (bicyclic) bond motifs is 1. The molecule has 3 aromatic rings. The smallest absolute Gasteiger partial charge is 0.225 e. The third kappa shape index (κ3) is 3.50. The average molecular weight is 405 g/mol. The summed E-state index contributed by atoms with van der Waals surface area (Å²) in [5, 5.41) is 0.944. The summed E-state index contributed by atoms with van der Waals surface area (Å²) in [6.45, 7) is 2.27. The average Bonchev–Trinajstić information content (AvgIpc) is 3.54. The highest BCUT2D eigenvalue weighted by Crippen LogP contribution is 2.33. The van der Waals surface area contributed by atoms with Crippen molar-refractivity contribution in [2.45, 2.75) is 25.4 Å². The van der Waals surface area contributed by atoms with Crippen molar-refractivity contribution in [1.82, 2.24) is 19.8 Å². The van der Waals surface area contributed by atoms with E-state index in [1.807, 2.05) is 23.1 Å². The van der Waals surface area contributed by atoms with Gasteiger partial charge in [0.15, 0.2) is 0 Å². The highest BCUT2D eigenvalue weighted by Gasteiger charge is 2.40. The number of likely N-dealkylation sites (tertiary alicyclic amines) is 1. The molecule has 1 aliphatic heterocycles. The summed E-state index contributed by atoms with van der Waals surface area (Å²) in [6.07, 6.45) is 3.89. The second-order valence-electron chi connectivity index (χ2n) is 8.36. The fourth-order valence-electron chi connectivity index (χ4n) is 4.03. The van der Waals surface area contributed by atoms with Gasteiger partial charge in [0.2, 0.25) is 5.91 Å². The lowest BCUT2D eigenvalue weighted by Gasteiger charge is -2.44. The van der Waals surface area contributed by atoms with Crippen LogP contribution in [0.3, 0.4) is 0 Å². The minimum Gasteiger partial charge on any atom is -0.382 e. The van der Waals surface area contributed by atoms with Gasteiger partial charge in [-0.3, -0.25) is 9.69 Å². The Balaban J connectivity index is 1.36. The van der Waals surface area contributed by atoms with Crippen LogP contribution in [-0.2, 0) is 11.3 Å². The van der Waals surface area contributed by atoms with E-state index in [9.17, 15) is 9.18 Å². The molecule has 6 nitrogen and oxygen atoms in total. The molecule has 0 spiro atoms. The van der Waals surface area contributed by atoms with Crippen molar-refractivity contribution in [3.8, 4) is 11.3 Å². The molecule has 1 aromatic carbocycles. The largest absolute Gasteiger partial charge is 0.382 e. The quantitative estimate of drug-likeness (QED) is 0.706. The number of carbonyl (C=O) groups is 1. The van der Waals surface area contributed by atoms with Crippen molar-refractivity contribution in [1.29, 1.82) is 0 Å². The van der Waals surface area contributed by atoms with Crippen molar-refractivity contribution in [3.63, 3.8) is 0 Å². The van der Waals surface area contributed by atoms with Gasteiger partial charge in [-0.25, -0.2) is 14.4 Å². The van der Waals surface area contributed by atoms with Crippen LogP contribution in [0.1, 0.15) is 18.4 Å². The third-order valence-corrected chi connectivity index (χ3v) is 6.11. The zero-order valence-electron chi connectivity index (χ0n) is 16.9. The second-order valence-corrected chi connectivity index (χ2v) is 8.36. The van der Waals surface area contributed by atoms with Gasteiger partial charge in [0.1, 0.15) is 17.2 Å². The van der Waals surface area contributed by atoms with E-state index in [4.69, 9.17) is 5.73 Å². The zero-order chi connectivity index (χ0) is 20.8. The molecule has 2 aromatic heterocycles. The number of likely N-dealkylation sites (N-methyl/N-ethyl adjacent to an activating group) is 1. The highest BCUT2D eigenvalue weighted by molar-refractivity contribution is 5.91. The van der Waals surface area contributed by atoms with Gasteiger partial charge in [-0.15, -0.1) is 0 Å². The molecule has 2 N–H and O–H groups in total. The van der Waals surface area contributed by atoms with Gasteiger partial charge >= 0.3 is 0 Å². The summed E-state index contributed by atoms with van der Waals surface area (Å²) in [6, 6.07) is 10.6. The Morgan fingerprint density at radius 1 is 1.27 bits per heavy atom. The molecule has 154 valence electrons. The Hall–Kier alpha value is -3.06. The van der Waals surface area contributed by atoms with E-state index in [0.29, 0.717) is 41.1 Å². The molecule has 30 heavy (non-hydrogen) atoms. The van der Waals surface area contributed by atoms with E-state index in [0.717, 1.165) is 36.9 Å². The first kappa shape index (κ1) is 18.9. The van der Waals surface area contributed by atoms with Crippen LogP contribution in [0.2, 0.25) is 0 Å². The van der Waals surface area contributed by atoms with Gasteiger partial charge in [-0.2, -0.15) is 0 Å². The molecule has 1 saturated carbocycles. The Morgan fingerprint density at radius 3 is 2.80 bits per heavy atom. The number of anilines is 1. The number of rotatable bonds is 5. The van der Waals surface area contributed by atoms with Gasteiger partial charge in [0, 0.05) is 48.7 Å². The first-order valence-corrected chi connectivity index (χ1v) is 10.3. The fraction of sp³-hybridized carbons (Fsp3) is 0.348. The second kappa shape index (κ2) is 7.32. The van der Waals surface area contributed by atoms with Gasteiger partial charge in [-0.1, -0.05) is 18.2 Å². The molecule has 1 aliphatic carbocycles. The lowest BCUT2D eigenvalue weighted by atomic mass is 10.0. The van der Waals surface area contributed by atoms with Crippen molar-refractivity contribution in [2.24, 2.45) is 5.92 Å². The van der Waals surface area contributed by atoms with Crippen LogP contribution in [0, 0.1) is 11.7 Å². The first-order valence-electron chi connectivity index (χ1n) is 10.3. The Labute approximate surface area is 174 Å². The number of aromatic nitrogens is 2. The normalized spacial score (nSPS) is 16.8. The molecule has 1 amide bonds. The minimum absolute atomic E-state index is 0.278. The third-order valence-electron chi connectivity index (χ3n) is 6.11. The van der Waals surface area contributed by atoms with E-state index in [1.165, 1.54) is 12.1 Å². The van der Waals surface area contributed by atoms with Crippen molar-refractivity contribution in [2.75, 3.05) is 25.9 Å². The molecular formula is C23H24FN5O. The molecule has 5 rings (SSSR count). The summed E-state index contributed by atoms with van der Waals surface area (Å²) < 4.78 is 13.6. The van der Waals surface area contributed by atoms with Crippen LogP contribution in [0.5, 0.6) is 0 Å². The van der Waals surface area contributed by atoms with Crippen LogP contribution in [-0.4, -0.2) is 51.9 Å². The Kier molecular flexibility index (Phi) is 4.62. The molecule has 0 unspecified atom stereocenters. The standard InChI is InChI=1S/C23H24FN5O/c1-28(18-12-29(13-18)23(30)14-5-6-14)11-16-10-26-22(25)21-19(16)7-8-20(27-21)15-3-2-4-17(24)9-15/h2-4,7-10,14,18H,5-6,11-13H2,1H3,(H2,25,26). The van der Waals surface area contributed by atoms with E-state index in [1.54, 1.807) is 12.3 Å². The Bertz CT molecular complexity index is 1120. The predicted molar refractivity (Wildman–Crippen MR) is 114 cm³/mol. The predicted octanol–water partition coefficient (Wildman–Crippen LogP) is 3.07. The van der Waals surface area contributed by atoms with Crippen LogP contribution in [0.15, 0.2) is 42.6 Å². The number of carbonyl (C=O) groups excluding carboxylic acids is 1. The number of halogens is 1. The molecule has 2 aliphatic rings. The van der Waals surface area contributed by atoms with Crippen molar-refractivity contribution >= 4 is 22.6 Å². The van der Waals surface area contributed by atoms with Gasteiger partial charge in [0.25, 0.3) is 0 Å². The van der Waals surface area contributed by atoms with Crippen LogP contribution >= 0.6 is 0 Å². The van der Waals surface area contributed by atoms with E-state index >= 15 is 0 Å². The molecule has 7 heteroatoms. The monoisotopic (exact) mass is 405 g/mol. The number of benzene rings is 1. The van der Waals surface area contributed by atoms with Gasteiger partial charge in [0.05, 0.1) is 5.69 Å². The highest BCUT2D eigenvalue weighted by atomic mass is 19.1. The topological polar surface area (TPSA) is 75.4 Å². The van der Waals surface area contributed by atoms with Gasteiger partial charge in [-0.05, 0) is 43.7 Å². The molecule has 1 saturated heterocycles. The first-order chi connectivity index (χ1) is 14.5. The summed E-state index contributed by atoms with van der Waals surface area (Å²) in [5.41, 5.74) is 9.13. The molecule has 0 radical (unpaired) electrons. The minimum atomic E-state index is -0.300. The number of nitrogens with two attached hydrogens (primary N) is 1. The molecule has 0 atom stereocenters. The van der Waals surface area contributed by atoms with Crippen molar-refractivity contribution < 1.29 is 9.18 Å².